The van der Waals surface area contributed by atoms with Crippen LogP contribution in [0.15, 0.2) is 79.0 Å². The van der Waals surface area contributed by atoms with E-state index in [4.69, 9.17) is 27.9 Å². The number of amides is 1. The number of imidazole rings is 1. The summed E-state index contributed by atoms with van der Waals surface area (Å²) in [4.78, 5) is 14.0. The van der Waals surface area contributed by atoms with Crippen molar-refractivity contribution in [3.05, 3.63) is 100 Å². The van der Waals surface area contributed by atoms with Crippen molar-refractivity contribution in [3.8, 4) is 28.1 Å². The number of nitrogens with one attached hydrogen (secondary N) is 1. The predicted molar refractivity (Wildman–Crippen MR) is 155 cm³/mol. The topological polar surface area (TPSA) is 47.7 Å². The highest BCUT2D eigenvalue weighted by atomic mass is 35.5. The molecule has 0 atom stereocenters. The van der Waals surface area contributed by atoms with Crippen LogP contribution < -0.4 is 10.1 Å². The maximum atomic E-state index is 14.0. The van der Waals surface area contributed by atoms with E-state index in [1.54, 1.807) is 0 Å². The molecule has 3 heterocycles. The van der Waals surface area contributed by atoms with Gasteiger partial charge in [0.15, 0.2) is 0 Å². The Morgan fingerprint density at radius 3 is 2.45 bits per heavy atom. The lowest BCUT2D eigenvalue weighted by Crippen LogP contribution is -2.15. The SMILES string of the molecule is CCOc1ccc(-c2c3c4n(c(-c5ccc(Cl)c(Cl)c5)cn4c2C(=O)Nc2ccccc2)CCCC3)cc1. The van der Waals surface area contributed by atoms with Gasteiger partial charge in [-0.2, -0.15) is 0 Å². The van der Waals surface area contributed by atoms with Crippen LogP contribution >= 0.6 is 23.2 Å². The van der Waals surface area contributed by atoms with Crippen molar-refractivity contribution in [2.75, 3.05) is 11.9 Å². The Kier molecular flexibility index (Phi) is 6.64. The summed E-state index contributed by atoms with van der Waals surface area (Å²) in [5.74, 6) is 0.660. The minimum Gasteiger partial charge on any atom is -0.494 e. The van der Waals surface area contributed by atoms with Gasteiger partial charge in [0, 0.05) is 35.1 Å². The average molecular weight is 544 g/mol. The third kappa shape index (κ3) is 4.36. The second-order valence-corrected chi connectivity index (χ2v) is 10.2. The molecule has 2 aromatic heterocycles. The molecule has 0 saturated carbocycles. The van der Waals surface area contributed by atoms with Crippen molar-refractivity contribution in [3.63, 3.8) is 0 Å². The molecule has 0 unspecified atom stereocenters. The van der Waals surface area contributed by atoms with E-state index in [1.807, 2.05) is 79.7 Å². The quantitative estimate of drug-likeness (QED) is 0.234. The van der Waals surface area contributed by atoms with Crippen molar-refractivity contribution in [1.82, 2.24) is 8.97 Å². The molecule has 0 bridgehead atoms. The van der Waals surface area contributed by atoms with Gasteiger partial charge in [-0.1, -0.05) is 59.6 Å². The minimum atomic E-state index is -0.153. The van der Waals surface area contributed by atoms with E-state index in [0.29, 0.717) is 22.3 Å². The number of hydrogen-bond acceptors (Lipinski definition) is 2. The Labute approximate surface area is 231 Å². The summed E-state index contributed by atoms with van der Waals surface area (Å²) in [6.07, 6.45) is 5.02. The Morgan fingerprint density at radius 1 is 0.947 bits per heavy atom. The predicted octanol–water partition coefficient (Wildman–Crippen LogP) is 8.37. The van der Waals surface area contributed by atoms with Crippen molar-refractivity contribution >= 4 is 40.4 Å². The maximum absolute atomic E-state index is 14.0. The molecule has 7 heteroatoms. The Morgan fingerprint density at radius 2 is 1.71 bits per heavy atom. The fourth-order valence-corrected chi connectivity index (χ4v) is 5.70. The van der Waals surface area contributed by atoms with E-state index in [2.05, 4.69) is 20.5 Å². The Hall–Kier alpha value is -3.67. The van der Waals surface area contributed by atoms with Gasteiger partial charge in [0.05, 0.1) is 22.3 Å². The summed E-state index contributed by atoms with van der Waals surface area (Å²) in [6, 6.07) is 23.3. The second kappa shape index (κ2) is 10.2. The lowest BCUT2D eigenvalue weighted by molar-refractivity contribution is 0.102. The summed E-state index contributed by atoms with van der Waals surface area (Å²) in [5, 5.41) is 4.15. The van der Waals surface area contributed by atoms with Crippen molar-refractivity contribution in [2.24, 2.45) is 0 Å². The number of aryl methyl sites for hydroxylation is 2. The molecule has 5 nitrogen and oxygen atoms in total. The number of nitrogens with zero attached hydrogens (tertiary/aromatic N) is 2. The molecule has 0 saturated heterocycles. The number of hydrogen-bond donors (Lipinski definition) is 1. The highest BCUT2D eigenvalue weighted by Crippen LogP contribution is 2.40. The molecule has 38 heavy (non-hydrogen) atoms. The van der Waals surface area contributed by atoms with Gasteiger partial charge in [-0.3, -0.25) is 9.20 Å². The summed E-state index contributed by atoms with van der Waals surface area (Å²) in [6.45, 7) is 3.43. The van der Waals surface area contributed by atoms with Crippen LogP contribution in [0.25, 0.3) is 28.0 Å². The van der Waals surface area contributed by atoms with Crippen LogP contribution in [-0.4, -0.2) is 21.5 Å². The minimum absolute atomic E-state index is 0.153. The van der Waals surface area contributed by atoms with Crippen LogP contribution in [0.4, 0.5) is 5.69 Å². The van der Waals surface area contributed by atoms with Crippen LogP contribution in [0.3, 0.4) is 0 Å². The highest BCUT2D eigenvalue weighted by molar-refractivity contribution is 6.42. The molecule has 0 fully saturated rings. The molecule has 192 valence electrons. The van der Waals surface area contributed by atoms with E-state index in [1.165, 1.54) is 5.56 Å². The van der Waals surface area contributed by atoms with Gasteiger partial charge in [-0.15, -0.1) is 0 Å². The molecular weight excluding hydrogens is 517 g/mol. The van der Waals surface area contributed by atoms with E-state index in [0.717, 1.165) is 65.3 Å². The zero-order valence-corrected chi connectivity index (χ0v) is 22.5. The van der Waals surface area contributed by atoms with Crippen molar-refractivity contribution < 1.29 is 9.53 Å². The summed E-state index contributed by atoms with van der Waals surface area (Å²) in [5.41, 5.74) is 7.53. The number of ether oxygens (including phenoxy) is 1. The van der Waals surface area contributed by atoms with Gasteiger partial charge in [-0.05, 0) is 68.1 Å². The van der Waals surface area contributed by atoms with E-state index in [-0.39, 0.29) is 5.91 Å². The third-order valence-corrected chi connectivity index (χ3v) is 7.79. The number of aromatic nitrogens is 2. The first kappa shape index (κ1) is 24.7. The molecule has 0 radical (unpaired) electrons. The number of halogens is 2. The highest BCUT2D eigenvalue weighted by Gasteiger charge is 2.29. The summed E-state index contributed by atoms with van der Waals surface area (Å²) < 4.78 is 10.1. The Bertz CT molecular complexity index is 1640. The van der Waals surface area contributed by atoms with Crippen LogP contribution in [0.5, 0.6) is 5.75 Å². The normalized spacial score (nSPS) is 12.9. The molecule has 0 spiro atoms. The molecule has 1 aliphatic heterocycles. The fraction of sp³-hybridized carbons (Fsp3) is 0.194. The molecule has 0 aliphatic carbocycles. The second-order valence-electron chi connectivity index (χ2n) is 9.43. The number of anilines is 1. The fourth-order valence-electron chi connectivity index (χ4n) is 5.40. The smallest absolute Gasteiger partial charge is 0.273 e. The maximum Gasteiger partial charge on any atom is 0.273 e. The number of carbonyl (C=O) groups is 1. The van der Waals surface area contributed by atoms with Crippen LogP contribution in [0.1, 0.15) is 35.8 Å². The lowest BCUT2D eigenvalue weighted by Gasteiger charge is -2.11. The zero-order chi connectivity index (χ0) is 26.2. The first-order chi connectivity index (χ1) is 18.5. The molecule has 5 aromatic rings. The first-order valence-electron chi connectivity index (χ1n) is 12.9. The van der Waals surface area contributed by atoms with E-state index < -0.39 is 0 Å². The van der Waals surface area contributed by atoms with Gasteiger partial charge >= 0.3 is 0 Å². The van der Waals surface area contributed by atoms with E-state index in [9.17, 15) is 4.79 Å². The van der Waals surface area contributed by atoms with Crippen LogP contribution in [0, 0.1) is 0 Å². The number of carbonyl (C=O) groups excluding carboxylic acids is 1. The monoisotopic (exact) mass is 543 g/mol. The van der Waals surface area contributed by atoms with Gasteiger partial charge in [-0.25, -0.2) is 0 Å². The van der Waals surface area contributed by atoms with Gasteiger partial charge in [0.1, 0.15) is 17.1 Å². The summed E-state index contributed by atoms with van der Waals surface area (Å²) >= 11 is 12.6. The molecular formula is C31H27Cl2N3O2. The molecule has 1 amide bonds. The summed E-state index contributed by atoms with van der Waals surface area (Å²) in [7, 11) is 0. The van der Waals surface area contributed by atoms with Crippen LogP contribution in [0.2, 0.25) is 10.0 Å². The average Bonchev–Trinajstić information content (AvgIpc) is 3.34. The van der Waals surface area contributed by atoms with Crippen molar-refractivity contribution in [1.29, 1.82) is 0 Å². The molecule has 3 aromatic carbocycles. The lowest BCUT2D eigenvalue weighted by atomic mass is 9.97. The van der Waals surface area contributed by atoms with Gasteiger partial charge < -0.3 is 14.6 Å². The third-order valence-electron chi connectivity index (χ3n) is 7.05. The largest absolute Gasteiger partial charge is 0.494 e. The van der Waals surface area contributed by atoms with Gasteiger partial charge in [0.25, 0.3) is 5.91 Å². The standard InChI is InChI=1S/C31H27Cl2N3O2/c1-2-38-23-14-11-20(12-15-23)28-24-10-6-7-17-35-27(21-13-16-25(32)26(33)18-21)19-36(31(24)35)29(28)30(37)34-22-8-4-3-5-9-22/h3-5,8-9,11-16,18-19H,2,6-7,10,17H2,1H3,(H,34,37). The number of benzene rings is 3. The van der Waals surface area contributed by atoms with Gasteiger partial charge in [0.2, 0.25) is 0 Å². The molecule has 6 rings (SSSR count). The van der Waals surface area contributed by atoms with Crippen LogP contribution in [-0.2, 0) is 13.0 Å². The number of rotatable bonds is 6. The van der Waals surface area contributed by atoms with E-state index >= 15 is 0 Å². The van der Waals surface area contributed by atoms with Crippen molar-refractivity contribution in [2.45, 2.75) is 32.7 Å². The molecule has 1 aliphatic rings. The first-order valence-corrected chi connectivity index (χ1v) is 13.6. The zero-order valence-electron chi connectivity index (χ0n) is 21.0. The Balaban J connectivity index is 1.59. The number of para-hydroxylation sites is 1. The molecule has 1 N–H and O–H groups in total.